The Morgan fingerprint density at radius 1 is 0.962 bits per heavy atom. The SMILES string of the molecule is CN=C(NCCCc1cccc(OC)c1)Nc1ccc(OC)c(OC)c1. The monoisotopic (exact) mass is 357 g/mol. The van der Waals surface area contributed by atoms with E-state index in [4.69, 9.17) is 14.2 Å². The van der Waals surface area contributed by atoms with Crippen molar-refractivity contribution in [2.24, 2.45) is 4.99 Å². The van der Waals surface area contributed by atoms with E-state index in [2.05, 4.69) is 27.8 Å². The summed E-state index contributed by atoms with van der Waals surface area (Å²) in [6, 6.07) is 13.8. The second-order valence-electron chi connectivity index (χ2n) is 5.65. The van der Waals surface area contributed by atoms with Crippen LogP contribution in [0.1, 0.15) is 12.0 Å². The largest absolute Gasteiger partial charge is 0.497 e. The van der Waals surface area contributed by atoms with Crippen LogP contribution in [0.4, 0.5) is 5.69 Å². The van der Waals surface area contributed by atoms with Gasteiger partial charge in [0.1, 0.15) is 5.75 Å². The molecule has 0 aliphatic carbocycles. The van der Waals surface area contributed by atoms with Gasteiger partial charge in [0.2, 0.25) is 0 Å². The highest BCUT2D eigenvalue weighted by atomic mass is 16.5. The molecule has 2 aromatic carbocycles. The first kappa shape index (κ1) is 19.4. The minimum atomic E-state index is 0.672. The zero-order chi connectivity index (χ0) is 18.8. The highest BCUT2D eigenvalue weighted by Crippen LogP contribution is 2.29. The molecule has 0 unspecified atom stereocenters. The van der Waals surface area contributed by atoms with E-state index in [1.807, 2.05) is 30.3 Å². The van der Waals surface area contributed by atoms with E-state index in [0.29, 0.717) is 17.5 Å². The summed E-state index contributed by atoms with van der Waals surface area (Å²) in [5.74, 6) is 2.97. The van der Waals surface area contributed by atoms with Crippen molar-refractivity contribution in [1.29, 1.82) is 0 Å². The molecule has 0 saturated carbocycles. The third-order valence-corrected chi connectivity index (χ3v) is 3.94. The summed E-state index contributed by atoms with van der Waals surface area (Å²) in [5.41, 5.74) is 2.14. The molecule has 0 aliphatic rings. The number of ether oxygens (including phenoxy) is 3. The number of hydrogen-bond acceptors (Lipinski definition) is 4. The van der Waals surface area contributed by atoms with Gasteiger partial charge in [-0.25, -0.2) is 0 Å². The van der Waals surface area contributed by atoms with E-state index in [0.717, 1.165) is 30.8 Å². The van der Waals surface area contributed by atoms with E-state index in [1.54, 1.807) is 28.4 Å². The number of benzene rings is 2. The zero-order valence-electron chi connectivity index (χ0n) is 15.8. The quantitative estimate of drug-likeness (QED) is 0.431. The van der Waals surface area contributed by atoms with Crippen molar-refractivity contribution in [3.05, 3.63) is 48.0 Å². The van der Waals surface area contributed by atoms with Crippen molar-refractivity contribution < 1.29 is 14.2 Å². The maximum Gasteiger partial charge on any atom is 0.195 e. The van der Waals surface area contributed by atoms with Gasteiger partial charge in [0.15, 0.2) is 17.5 Å². The lowest BCUT2D eigenvalue weighted by atomic mass is 10.1. The third-order valence-electron chi connectivity index (χ3n) is 3.94. The third kappa shape index (κ3) is 5.58. The molecule has 0 spiro atoms. The number of nitrogens with zero attached hydrogens (tertiary/aromatic N) is 1. The summed E-state index contributed by atoms with van der Waals surface area (Å²) in [4.78, 5) is 4.26. The molecule has 6 nitrogen and oxygen atoms in total. The van der Waals surface area contributed by atoms with Crippen molar-refractivity contribution in [1.82, 2.24) is 5.32 Å². The van der Waals surface area contributed by atoms with E-state index in [-0.39, 0.29) is 0 Å². The van der Waals surface area contributed by atoms with E-state index in [9.17, 15) is 0 Å². The topological polar surface area (TPSA) is 64.1 Å². The normalized spacial score (nSPS) is 11.0. The molecular formula is C20H27N3O3. The van der Waals surface area contributed by atoms with E-state index < -0.39 is 0 Å². The van der Waals surface area contributed by atoms with Gasteiger partial charge in [-0.15, -0.1) is 0 Å². The Hall–Kier alpha value is -2.89. The minimum absolute atomic E-state index is 0.672. The average Bonchev–Trinajstić information content (AvgIpc) is 2.70. The number of nitrogens with one attached hydrogen (secondary N) is 2. The van der Waals surface area contributed by atoms with Crippen molar-refractivity contribution in [3.63, 3.8) is 0 Å². The van der Waals surface area contributed by atoms with Crippen LogP contribution in [0.3, 0.4) is 0 Å². The molecule has 2 rings (SSSR count). The van der Waals surface area contributed by atoms with Crippen LogP contribution < -0.4 is 24.8 Å². The van der Waals surface area contributed by atoms with Crippen LogP contribution in [0.25, 0.3) is 0 Å². The molecule has 0 bridgehead atoms. The number of hydrogen-bond donors (Lipinski definition) is 2. The van der Waals surface area contributed by atoms with Gasteiger partial charge in [-0.05, 0) is 42.7 Å². The van der Waals surface area contributed by atoms with Gasteiger partial charge in [-0.3, -0.25) is 4.99 Å². The standard InChI is InChI=1S/C20H27N3O3/c1-21-20(23-16-10-11-18(25-3)19(14-16)26-4)22-12-6-8-15-7-5-9-17(13-15)24-2/h5,7,9-11,13-14H,6,8,12H2,1-4H3,(H2,21,22,23). The van der Waals surface area contributed by atoms with Crippen LogP contribution in [-0.2, 0) is 6.42 Å². The highest BCUT2D eigenvalue weighted by Gasteiger charge is 2.06. The van der Waals surface area contributed by atoms with Gasteiger partial charge >= 0.3 is 0 Å². The molecule has 0 radical (unpaired) electrons. The van der Waals surface area contributed by atoms with Gasteiger partial charge in [0, 0.05) is 25.3 Å². The number of guanidine groups is 1. The van der Waals surface area contributed by atoms with Gasteiger partial charge < -0.3 is 24.8 Å². The fourth-order valence-electron chi connectivity index (χ4n) is 2.56. The number of anilines is 1. The molecule has 0 saturated heterocycles. The molecule has 2 N–H and O–H groups in total. The van der Waals surface area contributed by atoms with Crippen LogP contribution in [0, 0.1) is 0 Å². The Morgan fingerprint density at radius 3 is 2.46 bits per heavy atom. The molecular weight excluding hydrogens is 330 g/mol. The van der Waals surface area contributed by atoms with Gasteiger partial charge in [0.25, 0.3) is 0 Å². The summed E-state index contributed by atoms with van der Waals surface area (Å²) in [6.45, 7) is 0.810. The Kier molecular flexibility index (Phi) is 7.61. The predicted molar refractivity (Wildman–Crippen MR) is 106 cm³/mol. The molecule has 26 heavy (non-hydrogen) atoms. The van der Waals surface area contributed by atoms with Crippen molar-refractivity contribution in [2.45, 2.75) is 12.8 Å². The molecule has 0 aromatic heterocycles. The fraction of sp³-hybridized carbons (Fsp3) is 0.350. The van der Waals surface area contributed by atoms with Crippen molar-refractivity contribution in [3.8, 4) is 17.2 Å². The van der Waals surface area contributed by atoms with Crippen molar-refractivity contribution in [2.75, 3.05) is 40.2 Å². The van der Waals surface area contributed by atoms with Crippen LogP contribution in [0.2, 0.25) is 0 Å². The summed E-state index contributed by atoms with van der Waals surface area (Å²) in [6.07, 6.45) is 1.96. The van der Waals surface area contributed by atoms with Crippen LogP contribution in [0.15, 0.2) is 47.5 Å². The van der Waals surface area contributed by atoms with Gasteiger partial charge in [-0.2, -0.15) is 0 Å². The fourth-order valence-corrected chi connectivity index (χ4v) is 2.56. The molecule has 0 heterocycles. The number of methoxy groups -OCH3 is 3. The summed E-state index contributed by atoms with van der Waals surface area (Å²) in [5, 5.41) is 6.57. The van der Waals surface area contributed by atoms with Gasteiger partial charge in [0.05, 0.1) is 21.3 Å². The number of aryl methyl sites for hydroxylation is 1. The maximum absolute atomic E-state index is 5.32. The number of rotatable bonds is 8. The number of aliphatic imine (C=N–C) groups is 1. The summed E-state index contributed by atoms with van der Waals surface area (Å²) >= 11 is 0. The first-order valence-electron chi connectivity index (χ1n) is 8.52. The van der Waals surface area contributed by atoms with E-state index in [1.165, 1.54) is 5.56 Å². The Morgan fingerprint density at radius 2 is 1.77 bits per heavy atom. The Bertz CT molecular complexity index is 732. The lowest BCUT2D eigenvalue weighted by Gasteiger charge is -2.14. The lowest BCUT2D eigenvalue weighted by Crippen LogP contribution is -2.31. The Balaban J connectivity index is 1.84. The summed E-state index contributed by atoms with van der Waals surface area (Å²) < 4.78 is 15.8. The molecule has 140 valence electrons. The van der Waals surface area contributed by atoms with Gasteiger partial charge in [-0.1, -0.05) is 12.1 Å². The summed E-state index contributed by atoms with van der Waals surface area (Å²) in [7, 11) is 6.67. The smallest absolute Gasteiger partial charge is 0.195 e. The highest BCUT2D eigenvalue weighted by molar-refractivity contribution is 5.93. The van der Waals surface area contributed by atoms with Crippen LogP contribution in [-0.4, -0.2) is 40.9 Å². The first-order valence-corrected chi connectivity index (χ1v) is 8.52. The second-order valence-corrected chi connectivity index (χ2v) is 5.65. The lowest BCUT2D eigenvalue weighted by molar-refractivity contribution is 0.355. The average molecular weight is 357 g/mol. The second kappa shape index (κ2) is 10.2. The predicted octanol–water partition coefficient (Wildman–Crippen LogP) is 3.33. The molecule has 0 aliphatic heterocycles. The molecule has 2 aromatic rings. The maximum atomic E-state index is 5.32. The molecule has 0 amide bonds. The molecule has 0 fully saturated rings. The minimum Gasteiger partial charge on any atom is -0.497 e. The zero-order valence-corrected chi connectivity index (χ0v) is 15.8. The first-order chi connectivity index (χ1) is 12.7. The van der Waals surface area contributed by atoms with Crippen LogP contribution >= 0.6 is 0 Å². The molecule has 6 heteroatoms. The van der Waals surface area contributed by atoms with E-state index >= 15 is 0 Å². The van der Waals surface area contributed by atoms with Crippen molar-refractivity contribution >= 4 is 11.6 Å². The molecule has 0 atom stereocenters. The Labute approximate surface area is 155 Å². The van der Waals surface area contributed by atoms with Crippen LogP contribution in [0.5, 0.6) is 17.2 Å².